The molecule has 0 spiro atoms. The summed E-state index contributed by atoms with van der Waals surface area (Å²) in [5.74, 6) is 3.24. The van der Waals surface area contributed by atoms with E-state index in [2.05, 4.69) is 63.2 Å². The summed E-state index contributed by atoms with van der Waals surface area (Å²) in [4.78, 5) is 22.3. The zero-order valence-corrected chi connectivity index (χ0v) is 26.3. The number of piperazine rings is 2. The van der Waals surface area contributed by atoms with E-state index in [1.807, 2.05) is 4.90 Å². The lowest BCUT2D eigenvalue weighted by Gasteiger charge is -2.40. The Balaban J connectivity index is 0.00000316. The van der Waals surface area contributed by atoms with Gasteiger partial charge in [-0.15, -0.1) is 12.4 Å². The largest absolute Gasteiger partial charge is 0.449 e. The lowest BCUT2D eigenvalue weighted by atomic mass is 9.79. The molecule has 1 aliphatic carbocycles. The summed E-state index contributed by atoms with van der Waals surface area (Å²) in [5, 5.41) is 2.48. The first kappa shape index (κ1) is 29.4. The minimum absolute atomic E-state index is 0. The first-order valence-corrected chi connectivity index (χ1v) is 16.6. The predicted molar refractivity (Wildman–Crippen MR) is 176 cm³/mol. The van der Waals surface area contributed by atoms with Gasteiger partial charge in [-0.2, -0.15) is 8.75 Å². The van der Waals surface area contributed by atoms with Crippen LogP contribution in [0.25, 0.3) is 20.2 Å². The molecule has 42 heavy (non-hydrogen) atoms. The van der Waals surface area contributed by atoms with Gasteiger partial charge in [-0.3, -0.25) is 4.90 Å². The molecule has 2 unspecified atom stereocenters. The number of benzene rings is 2. The second-order valence-corrected chi connectivity index (χ2v) is 13.3. The maximum atomic E-state index is 13.0. The Labute approximate surface area is 262 Å². The van der Waals surface area contributed by atoms with Crippen molar-refractivity contribution in [1.82, 2.24) is 18.5 Å². The van der Waals surface area contributed by atoms with Gasteiger partial charge in [0.25, 0.3) is 0 Å². The predicted octanol–water partition coefficient (Wildman–Crippen LogP) is 6.22. The molecule has 4 aromatic rings. The van der Waals surface area contributed by atoms with Gasteiger partial charge in [-0.25, -0.2) is 4.79 Å². The summed E-state index contributed by atoms with van der Waals surface area (Å²) in [6.45, 7) is 8.75. The second kappa shape index (κ2) is 13.3. The average molecular weight is 627 g/mol. The third kappa shape index (κ3) is 6.18. The summed E-state index contributed by atoms with van der Waals surface area (Å²) in [5.41, 5.74) is 0. The van der Waals surface area contributed by atoms with E-state index in [9.17, 15) is 4.79 Å². The van der Waals surface area contributed by atoms with E-state index in [4.69, 9.17) is 13.5 Å². The van der Waals surface area contributed by atoms with Crippen LogP contribution in [0.4, 0.5) is 16.4 Å². The number of nitrogens with zero attached hydrogens (tertiary/aromatic N) is 6. The van der Waals surface area contributed by atoms with Gasteiger partial charge < -0.3 is 19.4 Å². The fraction of sp³-hybridized carbons (Fsp3) is 0.516. The number of rotatable bonds is 6. The van der Waals surface area contributed by atoms with Crippen LogP contribution in [-0.2, 0) is 4.74 Å². The van der Waals surface area contributed by atoms with Crippen molar-refractivity contribution < 1.29 is 9.53 Å². The molecule has 4 heterocycles. The molecule has 2 aliphatic heterocycles. The molecule has 0 bridgehead atoms. The van der Waals surface area contributed by atoms with Crippen molar-refractivity contribution in [1.29, 1.82) is 0 Å². The van der Waals surface area contributed by atoms with Gasteiger partial charge >= 0.3 is 6.09 Å². The summed E-state index contributed by atoms with van der Waals surface area (Å²) in [7, 11) is 0. The number of anilines is 2. The normalized spacial score (nSPS) is 22.0. The molecule has 1 amide bonds. The molecule has 224 valence electrons. The van der Waals surface area contributed by atoms with Crippen molar-refractivity contribution in [2.45, 2.75) is 25.7 Å². The molecule has 2 aromatic heterocycles. The maximum absolute atomic E-state index is 13.0. The number of ether oxygens (including phenoxy) is 1. The first-order chi connectivity index (χ1) is 20.2. The van der Waals surface area contributed by atoms with Crippen LogP contribution in [0.1, 0.15) is 25.7 Å². The molecule has 2 atom stereocenters. The van der Waals surface area contributed by atoms with E-state index in [1.165, 1.54) is 39.4 Å². The molecule has 8 nitrogen and oxygen atoms in total. The Hall–Kier alpha value is -2.66. The van der Waals surface area contributed by atoms with Crippen LogP contribution in [0.3, 0.4) is 0 Å². The monoisotopic (exact) mass is 626 g/mol. The first-order valence-electron chi connectivity index (χ1n) is 15.1. The second-order valence-electron chi connectivity index (χ2n) is 11.6. The van der Waals surface area contributed by atoms with Crippen LogP contribution in [0, 0.1) is 11.8 Å². The summed E-state index contributed by atoms with van der Waals surface area (Å²) in [6, 6.07) is 16.9. The Morgan fingerprint density at radius 2 is 1.26 bits per heavy atom. The van der Waals surface area contributed by atoms with E-state index in [0.717, 1.165) is 63.9 Å². The van der Waals surface area contributed by atoms with Crippen molar-refractivity contribution in [2.75, 3.05) is 75.3 Å². The number of fused-ring (bicyclic) bond motifs is 2. The van der Waals surface area contributed by atoms with Gasteiger partial charge in [0.2, 0.25) is 0 Å². The van der Waals surface area contributed by atoms with Crippen LogP contribution in [0.15, 0.2) is 48.5 Å². The Morgan fingerprint density at radius 1 is 0.738 bits per heavy atom. The van der Waals surface area contributed by atoms with Gasteiger partial charge in [0.1, 0.15) is 11.6 Å². The average Bonchev–Trinajstić information content (AvgIpc) is 3.66. The zero-order valence-electron chi connectivity index (χ0n) is 23.9. The molecule has 3 fully saturated rings. The van der Waals surface area contributed by atoms with Crippen LogP contribution in [0.2, 0.25) is 0 Å². The zero-order chi connectivity index (χ0) is 27.6. The van der Waals surface area contributed by atoms with E-state index >= 15 is 0 Å². The Morgan fingerprint density at radius 3 is 1.86 bits per heavy atom. The minimum atomic E-state index is -0.152. The third-order valence-corrected chi connectivity index (χ3v) is 10.8. The van der Waals surface area contributed by atoms with E-state index < -0.39 is 0 Å². The van der Waals surface area contributed by atoms with Crippen molar-refractivity contribution in [3.05, 3.63) is 48.5 Å². The number of halogens is 1. The highest BCUT2D eigenvalue weighted by atomic mass is 35.5. The molecule has 0 radical (unpaired) electrons. The number of hydrogen-bond acceptors (Lipinski definition) is 9. The smallest absolute Gasteiger partial charge is 0.409 e. The lowest BCUT2D eigenvalue weighted by Crippen LogP contribution is -2.50. The molecular weight excluding hydrogens is 588 g/mol. The summed E-state index contributed by atoms with van der Waals surface area (Å²) in [6.07, 6.45) is 4.77. The standard InChI is InChI=1S/C31H38N6O2S2.ClH/c38-31(37-19-17-36(18-20-37)30-26-10-4-6-12-28(26)41-33-30)39-22-24-8-2-1-7-23(24)21-34-13-15-35(16-14-34)29-25-9-3-5-11-27(25)40-32-29;/h3-6,9-12,23-24H,1-2,7-8,13-22H2;1H. The van der Waals surface area contributed by atoms with E-state index in [1.54, 1.807) is 23.1 Å². The van der Waals surface area contributed by atoms with Gasteiger partial charge in [-0.1, -0.05) is 37.1 Å². The van der Waals surface area contributed by atoms with Crippen molar-refractivity contribution >= 4 is 73.4 Å². The Kier molecular flexibility index (Phi) is 9.33. The van der Waals surface area contributed by atoms with Crippen LogP contribution in [-0.4, -0.2) is 90.1 Å². The molecule has 2 saturated heterocycles. The number of carbonyl (C=O) groups is 1. The highest BCUT2D eigenvalue weighted by molar-refractivity contribution is 7.14. The minimum Gasteiger partial charge on any atom is -0.449 e. The fourth-order valence-electron chi connectivity index (χ4n) is 6.79. The SMILES string of the molecule is Cl.O=C(OCC1CCCCC1CN1CCN(c2nsc3ccccc23)CC1)N1CCN(c2nsc3ccccc23)CC1. The van der Waals surface area contributed by atoms with Gasteiger partial charge in [0.15, 0.2) is 0 Å². The van der Waals surface area contributed by atoms with E-state index in [-0.39, 0.29) is 18.5 Å². The van der Waals surface area contributed by atoms with Crippen molar-refractivity contribution in [3.63, 3.8) is 0 Å². The van der Waals surface area contributed by atoms with Gasteiger partial charge in [0, 0.05) is 69.7 Å². The molecule has 0 N–H and O–H groups in total. The fourth-order valence-corrected chi connectivity index (χ4v) is 8.38. The Bertz CT molecular complexity index is 1480. The van der Waals surface area contributed by atoms with Crippen molar-refractivity contribution in [2.24, 2.45) is 11.8 Å². The van der Waals surface area contributed by atoms with Gasteiger partial charge in [0.05, 0.1) is 16.0 Å². The molecule has 11 heteroatoms. The number of hydrogen-bond donors (Lipinski definition) is 0. The number of aromatic nitrogens is 2. The molecule has 3 aliphatic rings. The van der Waals surface area contributed by atoms with Gasteiger partial charge in [-0.05, 0) is 72.0 Å². The number of carbonyl (C=O) groups excluding carboxylic acids is 1. The highest BCUT2D eigenvalue weighted by Crippen LogP contribution is 2.34. The summed E-state index contributed by atoms with van der Waals surface area (Å²) >= 11 is 3.15. The molecule has 7 rings (SSSR count). The molecule has 2 aromatic carbocycles. The lowest BCUT2D eigenvalue weighted by molar-refractivity contribution is 0.0527. The quantitative estimate of drug-likeness (QED) is 0.252. The maximum Gasteiger partial charge on any atom is 0.409 e. The van der Waals surface area contributed by atoms with E-state index in [0.29, 0.717) is 31.5 Å². The van der Waals surface area contributed by atoms with Crippen LogP contribution in [0.5, 0.6) is 0 Å². The number of amides is 1. The molecular formula is C31H39ClN6O2S2. The van der Waals surface area contributed by atoms with Crippen LogP contribution >= 0.6 is 35.5 Å². The topological polar surface area (TPSA) is 65.0 Å². The highest BCUT2D eigenvalue weighted by Gasteiger charge is 2.31. The third-order valence-electron chi connectivity index (χ3n) is 9.21. The molecule has 1 saturated carbocycles. The van der Waals surface area contributed by atoms with Crippen LogP contribution < -0.4 is 9.80 Å². The van der Waals surface area contributed by atoms with Crippen molar-refractivity contribution in [3.8, 4) is 0 Å². The summed E-state index contributed by atoms with van der Waals surface area (Å²) < 4.78 is 17.9.